The van der Waals surface area contributed by atoms with Gasteiger partial charge in [-0.2, -0.15) is 18.8 Å². The summed E-state index contributed by atoms with van der Waals surface area (Å²) in [5, 5.41) is 11.8. The van der Waals surface area contributed by atoms with Crippen molar-refractivity contribution in [3.63, 3.8) is 0 Å². The Bertz CT molecular complexity index is 974. The first-order valence-corrected chi connectivity index (χ1v) is 11.3. The van der Waals surface area contributed by atoms with Crippen LogP contribution in [0, 0.1) is 17.2 Å². The number of hydrogen-bond donors (Lipinski definition) is 1. The Morgan fingerprint density at radius 1 is 1.12 bits per heavy atom. The summed E-state index contributed by atoms with van der Waals surface area (Å²) in [7, 11) is 0. The van der Waals surface area contributed by atoms with Crippen LogP contribution in [0.2, 0.25) is 0 Å². The maximum atomic E-state index is 13.8. The molecular weight excluding hydrogens is 421 g/mol. The van der Waals surface area contributed by atoms with Gasteiger partial charge in [0.05, 0.1) is 11.6 Å². The molecule has 1 fully saturated rings. The topological polar surface area (TPSA) is 65.8 Å². The van der Waals surface area contributed by atoms with E-state index in [4.69, 9.17) is 5.26 Å². The second-order valence-electron chi connectivity index (χ2n) is 8.01. The fourth-order valence-corrected chi connectivity index (χ4v) is 4.50. The number of pyridine rings is 1. The van der Waals surface area contributed by atoms with Gasteiger partial charge in [-0.15, -0.1) is 0 Å². The maximum Gasteiger partial charge on any atom is 0.224 e. The number of halogens is 1. The van der Waals surface area contributed by atoms with Gasteiger partial charge in [-0.3, -0.25) is 9.78 Å². The molecule has 0 unspecified atom stereocenters. The van der Waals surface area contributed by atoms with Crippen LogP contribution in [-0.2, 0) is 11.2 Å². The molecule has 1 aromatic carbocycles. The van der Waals surface area contributed by atoms with E-state index in [-0.39, 0.29) is 25.2 Å². The first kappa shape index (κ1) is 25.6. The minimum Gasteiger partial charge on any atom is -0.326 e. The number of rotatable bonds is 4. The number of anilines is 1. The molecule has 2 aromatic rings. The van der Waals surface area contributed by atoms with E-state index in [9.17, 15) is 9.18 Å². The van der Waals surface area contributed by atoms with Gasteiger partial charge in [0.25, 0.3) is 0 Å². The lowest BCUT2D eigenvalue weighted by Crippen LogP contribution is -2.21. The maximum absolute atomic E-state index is 13.8. The van der Waals surface area contributed by atoms with Gasteiger partial charge < -0.3 is 5.32 Å². The Kier molecular flexibility index (Phi) is 9.93. The molecule has 1 amide bonds. The Balaban J connectivity index is 0.00000118. The van der Waals surface area contributed by atoms with Gasteiger partial charge in [0.15, 0.2) is 0 Å². The van der Waals surface area contributed by atoms with Crippen molar-refractivity contribution in [2.45, 2.75) is 64.7 Å². The van der Waals surface area contributed by atoms with Crippen molar-refractivity contribution in [3.05, 3.63) is 64.7 Å². The highest BCUT2D eigenvalue weighted by atomic mass is 32.1. The number of allylic oxidation sites excluding steroid dienone is 1. The number of carbonyl (C=O) groups excluding carboxylic acids is 1. The van der Waals surface area contributed by atoms with Crippen molar-refractivity contribution in [3.8, 4) is 6.07 Å². The minimum absolute atomic E-state index is 0. The lowest BCUT2D eigenvalue weighted by atomic mass is 9.76. The molecule has 1 saturated carbocycles. The largest absolute Gasteiger partial charge is 0.326 e. The number of amides is 1. The van der Waals surface area contributed by atoms with Crippen molar-refractivity contribution in [1.82, 2.24) is 4.98 Å². The van der Waals surface area contributed by atoms with Gasteiger partial charge in [0.1, 0.15) is 5.83 Å². The van der Waals surface area contributed by atoms with Crippen LogP contribution in [-0.4, -0.2) is 10.9 Å². The van der Waals surface area contributed by atoms with E-state index < -0.39 is 0 Å². The van der Waals surface area contributed by atoms with Crippen LogP contribution in [0.4, 0.5) is 10.1 Å². The van der Waals surface area contributed by atoms with Gasteiger partial charge in [-0.25, -0.2) is 4.39 Å². The summed E-state index contributed by atoms with van der Waals surface area (Å²) in [5.41, 5.74) is 4.51. The third-order valence-corrected chi connectivity index (χ3v) is 6.07. The second kappa shape index (κ2) is 12.4. The summed E-state index contributed by atoms with van der Waals surface area (Å²) in [6.07, 6.45) is 9.17. The second-order valence-corrected chi connectivity index (χ2v) is 8.01. The van der Waals surface area contributed by atoms with Crippen molar-refractivity contribution in [2.24, 2.45) is 5.92 Å². The quantitative estimate of drug-likeness (QED) is 0.563. The fraction of sp³-hybridized carbons (Fsp3) is 0.423. The molecule has 0 aliphatic heterocycles. The Hall–Kier alpha value is -2.65. The molecule has 2 aliphatic rings. The lowest BCUT2D eigenvalue weighted by Gasteiger charge is -2.30. The lowest BCUT2D eigenvalue weighted by molar-refractivity contribution is -0.117. The van der Waals surface area contributed by atoms with E-state index in [1.807, 2.05) is 26.1 Å². The normalized spacial score (nSPS) is 19.1. The van der Waals surface area contributed by atoms with E-state index in [0.717, 1.165) is 42.6 Å². The molecule has 32 heavy (non-hydrogen) atoms. The van der Waals surface area contributed by atoms with E-state index >= 15 is 0 Å². The molecule has 6 heteroatoms. The summed E-state index contributed by atoms with van der Waals surface area (Å²) >= 11 is 0. The molecule has 4 nitrogen and oxygen atoms in total. The highest BCUT2D eigenvalue weighted by Crippen LogP contribution is 2.40. The number of nitriles is 1. The number of aryl methyl sites for hydroxylation is 1. The van der Waals surface area contributed by atoms with Crippen molar-refractivity contribution < 1.29 is 9.18 Å². The van der Waals surface area contributed by atoms with Crippen molar-refractivity contribution >= 4 is 31.2 Å². The van der Waals surface area contributed by atoms with Crippen LogP contribution in [0.25, 0.3) is 6.08 Å². The number of nitrogens with one attached hydrogen (secondary N) is 1. The van der Waals surface area contributed by atoms with Gasteiger partial charge in [-0.05, 0) is 85.9 Å². The Morgan fingerprint density at radius 2 is 1.81 bits per heavy atom. The van der Waals surface area contributed by atoms with Crippen LogP contribution < -0.4 is 5.32 Å². The van der Waals surface area contributed by atoms with Crippen LogP contribution in [0.5, 0.6) is 0 Å². The first-order chi connectivity index (χ1) is 15.1. The summed E-state index contributed by atoms with van der Waals surface area (Å²) in [6.45, 7) is 4.00. The summed E-state index contributed by atoms with van der Waals surface area (Å²) < 4.78 is 13.8. The zero-order valence-corrected chi connectivity index (χ0v) is 19.8. The molecule has 1 heterocycles. The van der Waals surface area contributed by atoms with E-state index in [1.54, 1.807) is 30.3 Å². The summed E-state index contributed by atoms with van der Waals surface area (Å²) in [6, 6.07) is 11.0. The fourth-order valence-electron chi connectivity index (χ4n) is 4.50. The molecule has 0 saturated heterocycles. The molecule has 0 radical (unpaired) electrons. The summed E-state index contributed by atoms with van der Waals surface area (Å²) in [4.78, 5) is 16.8. The van der Waals surface area contributed by atoms with Crippen LogP contribution in [0.15, 0.2) is 42.4 Å². The summed E-state index contributed by atoms with van der Waals surface area (Å²) in [5.74, 6) is 0.741. The Morgan fingerprint density at radius 3 is 2.47 bits per heavy atom. The average molecular weight is 454 g/mol. The Labute approximate surface area is 197 Å². The van der Waals surface area contributed by atoms with E-state index in [0.29, 0.717) is 36.7 Å². The molecule has 170 valence electrons. The van der Waals surface area contributed by atoms with Crippen molar-refractivity contribution in [1.29, 1.82) is 5.26 Å². The molecular formula is C26H32FN3OS. The van der Waals surface area contributed by atoms with Crippen LogP contribution >= 0.6 is 13.5 Å². The first-order valence-electron chi connectivity index (χ1n) is 11.3. The standard InChI is InChI=1S/C24H24FN3O.C2H6.H2S/c25-19-7-10-23-22(14-19)21(11-12-27-23)18-5-1-16(2-6-18)13-24(29)28-20-8-3-17(15-26)4-9-20;1-2;/h3-4,8-9,11-12,14,16,18H,1-2,5-7,10,13H2,(H,28,29);1-2H3;1H2. The SMILES string of the molecule is CC.N#Cc1ccc(NC(=O)CC2CCC(c3ccnc4c3C=C(F)CC4)CC2)cc1.S. The predicted molar refractivity (Wildman–Crippen MR) is 132 cm³/mol. The molecule has 4 rings (SSSR count). The third kappa shape index (κ3) is 6.43. The van der Waals surface area contributed by atoms with E-state index in [1.165, 1.54) is 5.56 Å². The number of hydrogen-bond acceptors (Lipinski definition) is 3. The average Bonchev–Trinajstić information content (AvgIpc) is 2.81. The molecule has 1 aromatic heterocycles. The number of nitrogens with zero attached hydrogens (tertiary/aromatic N) is 2. The minimum atomic E-state index is -0.0556. The third-order valence-electron chi connectivity index (χ3n) is 6.07. The number of fused-ring (bicyclic) bond motifs is 1. The highest BCUT2D eigenvalue weighted by molar-refractivity contribution is 7.59. The molecule has 0 atom stereocenters. The number of aromatic nitrogens is 1. The van der Waals surface area contributed by atoms with E-state index in [2.05, 4.69) is 16.4 Å². The zero-order chi connectivity index (χ0) is 22.2. The smallest absolute Gasteiger partial charge is 0.224 e. The van der Waals surface area contributed by atoms with Crippen LogP contribution in [0.1, 0.15) is 80.7 Å². The van der Waals surface area contributed by atoms with Gasteiger partial charge >= 0.3 is 0 Å². The molecule has 0 bridgehead atoms. The monoisotopic (exact) mass is 453 g/mol. The van der Waals surface area contributed by atoms with Gasteiger partial charge in [-0.1, -0.05) is 13.8 Å². The van der Waals surface area contributed by atoms with Gasteiger partial charge in [0, 0.05) is 36.0 Å². The number of carbonyl (C=O) groups is 1. The van der Waals surface area contributed by atoms with Gasteiger partial charge in [0.2, 0.25) is 5.91 Å². The predicted octanol–water partition coefficient (Wildman–Crippen LogP) is 6.65. The molecule has 0 spiro atoms. The number of benzene rings is 1. The van der Waals surface area contributed by atoms with Crippen molar-refractivity contribution in [2.75, 3.05) is 5.32 Å². The molecule has 1 N–H and O–H groups in total. The highest BCUT2D eigenvalue weighted by Gasteiger charge is 2.27. The van der Waals surface area contributed by atoms with Crippen LogP contribution in [0.3, 0.4) is 0 Å². The molecule has 2 aliphatic carbocycles. The zero-order valence-electron chi connectivity index (χ0n) is 18.8.